The van der Waals surface area contributed by atoms with Gasteiger partial charge in [-0.1, -0.05) is 27.7 Å². The van der Waals surface area contributed by atoms with Gasteiger partial charge >= 0.3 is 0 Å². The van der Waals surface area contributed by atoms with Crippen molar-refractivity contribution in [1.82, 2.24) is 4.98 Å². The highest BCUT2D eigenvalue weighted by Crippen LogP contribution is 2.36. The minimum absolute atomic E-state index is 0.245. The van der Waals surface area contributed by atoms with Gasteiger partial charge in [0, 0.05) is 11.8 Å². The van der Waals surface area contributed by atoms with Crippen molar-refractivity contribution >= 4 is 5.82 Å². The molecule has 1 aliphatic rings. The second-order valence-electron chi connectivity index (χ2n) is 5.01. The minimum Gasteiger partial charge on any atom is -0.484 e. The number of hydrogen-bond acceptors (Lipinski definition) is 3. The molecular formula is C13H20N2O. The molecule has 88 valence electrons. The number of rotatable bonds is 2. The van der Waals surface area contributed by atoms with Crippen LogP contribution >= 0.6 is 0 Å². The van der Waals surface area contributed by atoms with Crippen LogP contribution in [0.2, 0.25) is 0 Å². The van der Waals surface area contributed by atoms with E-state index in [0.29, 0.717) is 11.8 Å². The van der Waals surface area contributed by atoms with Crippen molar-refractivity contribution in [3.63, 3.8) is 0 Å². The summed E-state index contributed by atoms with van der Waals surface area (Å²) >= 11 is 0. The first-order chi connectivity index (χ1) is 7.59. The quantitative estimate of drug-likeness (QED) is 0.831. The molecule has 1 aromatic rings. The fourth-order valence-corrected chi connectivity index (χ4v) is 1.93. The summed E-state index contributed by atoms with van der Waals surface area (Å²) in [6.45, 7) is 9.57. The summed E-state index contributed by atoms with van der Waals surface area (Å²) in [4.78, 5) is 4.32. The molecule has 1 N–H and O–H groups in total. The van der Waals surface area contributed by atoms with Gasteiger partial charge in [-0.25, -0.2) is 4.98 Å². The van der Waals surface area contributed by atoms with Gasteiger partial charge in [0.05, 0.1) is 6.54 Å². The van der Waals surface area contributed by atoms with Gasteiger partial charge in [0.25, 0.3) is 0 Å². The number of nitrogens with zero attached hydrogens (tertiary/aromatic N) is 1. The fourth-order valence-electron chi connectivity index (χ4n) is 1.93. The standard InChI is InChI=1S/C13H20N2O/c1-8(2)10-5-6-14-13-12(10)16-11(7-15-13)9(3)4/h5-6,8-9,11H,7H2,1-4H3,(H,14,15)/t11-/m1/s1. The summed E-state index contributed by atoms with van der Waals surface area (Å²) in [6, 6.07) is 2.05. The molecule has 0 spiro atoms. The Kier molecular flexibility index (Phi) is 3.03. The fraction of sp³-hybridized carbons (Fsp3) is 0.615. The molecule has 2 rings (SSSR count). The zero-order valence-electron chi connectivity index (χ0n) is 10.4. The van der Waals surface area contributed by atoms with Crippen LogP contribution in [0.15, 0.2) is 12.3 Å². The van der Waals surface area contributed by atoms with E-state index in [4.69, 9.17) is 4.74 Å². The molecule has 0 unspecified atom stereocenters. The number of ether oxygens (including phenoxy) is 1. The molecule has 0 aromatic carbocycles. The van der Waals surface area contributed by atoms with Crippen molar-refractivity contribution in [2.75, 3.05) is 11.9 Å². The maximum absolute atomic E-state index is 6.06. The summed E-state index contributed by atoms with van der Waals surface area (Å²) in [7, 11) is 0. The van der Waals surface area contributed by atoms with E-state index in [9.17, 15) is 0 Å². The zero-order valence-corrected chi connectivity index (χ0v) is 10.4. The van der Waals surface area contributed by atoms with E-state index < -0.39 is 0 Å². The Hall–Kier alpha value is -1.25. The van der Waals surface area contributed by atoms with E-state index in [1.54, 1.807) is 0 Å². The molecule has 0 fully saturated rings. The topological polar surface area (TPSA) is 34.1 Å². The van der Waals surface area contributed by atoms with Crippen LogP contribution in [0.3, 0.4) is 0 Å². The second-order valence-corrected chi connectivity index (χ2v) is 5.01. The smallest absolute Gasteiger partial charge is 0.169 e. The Bertz CT molecular complexity index is 374. The van der Waals surface area contributed by atoms with Crippen LogP contribution in [0.5, 0.6) is 5.75 Å². The molecule has 3 nitrogen and oxygen atoms in total. The van der Waals surface area contributed by atoms with Crippen molar-refractivity contribution in [3.8, 4) is 5.75 Å². The average molecular weight is 220 g/mol. The van der Waals surface area contributed by atoms with Crippen molar-refractivity contribution in [2.45, 2.75) is 39.7 Å². The number of anilines is 1. The molecule has 0 amide bonds. The van der Waals surface area contributed by atoms with Gasteiger partial charge in [0.2, 0.25) is 0 Å². The van der Waals surface area contributed by atoms with E-state index in [-0.39, 0.29) is 6.10 Å². The van der Waals surface area contributed by atoms with Crippen LogP contribution in [-0.4, -0.2) is 17.6 Å². The van der Waals surface area contributed by atoms with Gasteiger partial charge in [0.1, 0.15) is 6.10 Å². The highest BCUT2D eigenvalue weighted by atomic mass is 16.5. The van der Waals surface area contributed by atoms with Crippen LogP contribution in [0.4, 0.5) is 5.82 Å². The highest BCUT2D eigenvalue weighted by molar-refractivity contribution is 5.57. The lowest BCUT2D eigenvalue weighted by atomic mass is 10.0. The number of nitrogens with one attached hydrogen (secondary N) is 1. The second kappa shape index (κ2) is 4.32. The summed E-state index contributed by atoms with van der Waals surface area (Å²) < 4.78 is 6.06. The molecule has 16 heavy (non-hydrogen) atoms. The number of hydrogen-bond donors (Lipinski definition) is 1. The molecule has 0 saturated heterocycles. The Labute approximate surface area is 97.2 Å². The first kappa shape index (κ1) is 11.2. The third-order valence-corrected chi connectivity index (χ3v) is 3.04. The largest absolute Gasteiger partial charge is 0.484 e. The summed E-state index contributed by atoms with van der Waals surface area (Å²) in [5, 5.41) is 3.35. The molecule has 0 saturated carbocycles. The monoisotopic (exact) mass is 220 g/mol. The molecule has 2 heterocycles. The first-order valence-corrected chi connectivity index (χ1v) is 5.99. The van der Waals surface area contributed by atoms with Crippen molar-refractivity contribution < 1.29 is 4.74 Å². The third-order valence-electron chi connectivity index (χ3n) is 3.04. The predicted octanol–water partition coefficient (Wildman–Crippen LogP) is 3.03. The summed E-state index contributed by atoms with van der Waals surface area (Å²) in [5.41, 5.74) is 1.24. The van der Waals surface area contributed by atoms with Crippen LogP contribution in [0.1, 0.15) is 39.2 Å². The van der Waals surface area contributed by atoms with Gasteiger partial charge in [-0.05, 0) is 17.9 Å². The van der Waals surface area contributed by atoms with Crippen molar-refractivity contribution in [3.05, 3.63) is 17.8 Å². The number of pyridine rings is 1. The maximum Gasteiger partial charge on any atom is 0.169 e. The van der Waals surface area contributed by atoms with Crippen molar-refractivity contribution in [1.29, 1.82) is 0 Å². The van der Waals surface area contributed by atoms with E-state index in [2.05, 4.69) is 38.0 Å². The van der Waals surface area contributed by atoms with Gasteiger partial charge in [0.15, 0.2) is 11.6 Å². The maximum atomic E-state index is 6.06. The lowest BCUT2D eigenvalue weighted by Gasteiger charge is -2.31. The molecular weight excluding hydrogens is 200 g/mol. The molecule has 0 radical (unpaired) electrons. The molecule has 1 atom stereocenters. The number of aromatic nitrogens is 1. The molecule has 1 aliphatic heterocycles. The highest BCUT2D eigenvalue weighted by Gasteiger charge is 2.25. The van der Waals surface area contributed by atoms with Crippen LogP contribution in [0, 0.1) is 5.92 Å². The third kappa shape index (κ3) is 1.99. The molecule has 0 bridgehead atoms. The Morgan fingerprint density at radius 2 is 2.12 bits per heavy atom. The van der Waals surface area contributed by atoms with E-state index in [1.165, 1.54) is 5.56 Å². The lowest BCUT2D eigenvalue weighted by Crippen LogP contribution is -2.35. The Morgan fingerprint density at radius 1 is 1.38 bits per heavy atom. The Balaban J connectivity index is 2.34. The van der Waals surface area contributed by atoms with Gasteiger partial charge < -0.3 is 10.1 Å². The normalized spacial score (nSPS) is 19.2. The molecule has 1 aromatic heterocycles. The van der Waals surface area contributed by atoms with Crippen LogP contribution < -0.4 is 10.1 Å². The summed E-state index contributed by atoms with van der Waals surface area (Å²) in [5.74, 6) is 2.82. The molecule has 0 aliphatic carbocycles. The SMILES string of the molecule is CC(C)c1ccnc2c1O[C@@H](C(C)C)CN2. The zero-order chi connectivity index (χ0) is 11.7. The van der Waals surface area contributed by atoms with Crippen LogP contribution in [-0.2, 0) is 0 Å². The predicted molar refractivity (Wildman–Crippen MR) is 66.1 cm³/mol. The molecule has 3 heteroatoms. The van der Waals surface area contributed by atoms with Crippen LogP contribution in [0.25, 0.3) is 0 Å². The summed E-state index contributed by atoms with van der Waals surface area (Å²) in [6.07, 6.45) is 2.09. The van der Waals surface area contributed by atoms with E-state index >= 15 is 0 Å². The Morgan fingerprint density at radius 3 is 2.75 bits per heavy atom. The van der Waals surface area contributed by atoms with Gasteiger partial charge in [-0.15, -0.1) is 0 Å². The lowest BCUT2D eigenvalue weighted by molar-refractivity contribution is 0.153. The minimum atomic E-state index is 0.245. The van der Waals surface area contributed by atoms with E-state index in [1.807, 2.05) is 12.3 Å². The van der Waals surface area contributed by atoms with E-state index in [0.717, 1.165) is 18.1 Å². The van der Waals surface area contributed by atoms with Crippen molar-refractivity contribution in [2.24, 2.45) is 5.92 Å². The van der Waals surface area contributed by atoms with Gasteiger partial charge in [-0.3, -0.25) is 0 Å². The first-order valence-electron chi connectivity index (χ1n) is 5.99. The van der Waals surface area contributed by atoms with Gasteiger partial charge in [-0.2, -0.15) is 0 Å². The average Bonchev–Trinajstić information content (AvgIpc) is 2.27. The number of fused-ring (bicyclic) bond motifs is 1.